The van der Waals surface area contributed by atoms with Gasteiger partial charge in [0.1, 0.15) is 11.6 Å². The maximum Gasteiger partial charge on any atom is 0.326 e. The van der Waals surface area contributed by atoms with Crippen LogP contribution in [0.15, 0.2) is 0 Å². The van der Waals surface area contributed by atoms with Crippen LogP contribution in [0.4, 0.5) is 4.79 Å². The van der Waals surface area contributed by atoms with Crippen molar-refractivity contribution >= 4 is 23.9 Å². The SMILES string of the molecule is CC(CC(=O)OC(C)(C)C)[C@H](N)C(=O)N[C@@H](CCCNC(N)=O)C(=O)O. The van der Waals surface area contributed by atoms with E-state index in [0.717, 1.165) is 0 Å². The second-order valence-corrected chi connectivity index (χ2v) is 7.13. The Kier molecular flexibility index (Phi) is 9.63. The summed E-state index contributed by atoms with van der Waals surface area (Å²) in [6.07, 6.45) is 0.337. The maximum absolute atomic E-state index is 12.2. The Morgan fingerprint density at radius 3 is 2.23 bits per heavy atom. The molecule has 0 aliphatic carbocycles. The highest BCUT2D eigenvalue weighted by Gasteiger charge is 2.28. The fraction of sp³-hybridized carbons (Fsp3) is 0.750. The molecule has 0 bridgehead atoms. The monoisotopic (exact) mass is 374 g/mol. The zero-order valence-electron chi connectivity index (χ0n) is 15.7. The molecule has 10 heteroatoms. The average molecular weight is 374 g/mol. The summed E-state index contributed by atoms with van der Waals surface area (Å²) in [6, 6.07) is -2.93. The number of urea groups is 1. The van der Waals surface area contributed by atoms with Gasteiger partial charge in [0.05, 0.1) is 12.5 Å². The van der Waals surface area contributed by atoms with E-state index < -0.39 is 47.5 Å². The molecule has 0 aliphatic heterocycles. The molecule has 0 aromatic carbocycles. The lowest BCUT2D eigenvalue weighted by molar-refractivity contribution is -0.156. The first-order chi connectivity index (χ1) is 11.8. The number of hydrogen-bond acceptors (Lipinski definition) is 6. The van der Waals surface area contributed by atoms with E-state index in [1.54, 1.807) is 27.7 Å². The van der Waals surface area contributed by atoms with E-state index >= 15 is 0 Å². The molecule has 0 saturated heterocycles. The molecule has 0 radical (unpaired) electrons. The number of hydrogen-bond donors (Lipinski definition) is 5. The first-order valence-electron chi connectivity index (χ1n) is 8.37. The molecule has 0 aliphatic rings. The summed E-state index contributed by atoms with van der Waals surface area (Å²) in [4.78, 5) is 45.8. The highest BCUT2D eigenvalue weighted by atomic mass is 16.6. The van der Waals surface area contributed by atoms with Gasteiger partial charge in [0.15, 0.2) is 0 Å². The molecule has 10 nitrogen and oxygen atoms in total. The minimum atomic E-state index is -1.22. The lowest BCUT2D eigenvalue weighted by Gasteiger charge is -2.24. The standard InChI is InChI=1S/C16H30N4O6/c1-9(8-11(21)26-16(2,3)4)12(17)13(22)20-10(14(23)24)6-5-7-19-15(18)25/h9-10,12H,5-8,17H2,1-4H3,(H,20,22)(H,23,24)(H3,18,19,25)/t9?,10-,12-/m0/s1. The van der Waals surface area contributed by atoms with Gasteiger partial charge in [-0.15, -0.1) is 0 Å². The van der Waals surface area contributed by atoms with Crippen LogP contribution in [0.1, 0.15) is 47.0 Å². The minimum Gasteiger partial charge on any atom is -0.480 e. The highest BCUT2D eigenvalue weighted by molar-refractivity contribution is 5.87. The first-order valence-corrected chi connectivity index (χ1v) is 8.37. The van der Waals surface area contributed by atoms with E-state index in [0.29, 0.717) is 6.42 Å². The number of carboxylic acids is 1. The van der Waals surface area contributed by atoms with Crippen LogP contribution < -0.4 is 22.1 Å². The molecule has 0 aromatic heterocycles. The number of nitrogens with one attached hydrogen (secondary N) is 2. The van der Waals surface area contributed by atoms with Crippen LogP contribution in [0.5, 0.6) is 0 Å². The highest BCUT2D eigenvalue weighted by Crippen LogP contribution is 2.14. The normalized spacial score (nSPS) is 14.7. The molecule has 1 unspecified atom stereocenters. The third-order valence-electron chi connectivity index (χ3n) is 3.41. The van der Waals surface area contributed by atoms with Gasteiger partial charge in [0.2, 0.25) is 5.91 Å². The third kappa shape index (κ3) is 10.5. The van der Waals surface area contributed by atoms with Gasteiger partial charge in [-0.1, -0.05) is 6.92 Å². The lowest BCUT2D eigenvalue weighted by Crippen LogP contribution is -2.51. The van der Waals surface area contributed by atoms with Crippen LogP contribution in [0.3, 0.4) is 0 Å². The Labute approximate surface area is 153 Å². The average Bonchev–Trinajstić information content (AvgIpc) is 2.46. The topological polar surface area (TPSA) is 174 Å². The number of esters is 1. The number of amides is 3. The summed E-state index contributed by atoms with van der Waals surface area (Å²) in [7, 11) is 0. The van der Waals surface area contributed by atoms with Crippen molar-refractivity contribution in [3.63, 3.8) is 0 Å². The Morgan fingerprint density at radius 1 is 1.19 bits per heavy atom. The van der Waals surface area contributed by atoms with Crippen LogP contribution in [-0.4, -0.2) is 53.2 Å². The van der Waals surface area contributed by atoms with E-state index in [1.165, 1.54) is 0 Å². The summed E-state index contributed by atoms with van der Waals surface area (Å²) in [6.45, 7) is 6.99. The fourth-order valence-corrected chi connectivity index (χ4v) is 2.07. The number of nitrogens with two attached hydrogens (primary N) is 2. The van der Waals surface area contributed by atoms with E-state index in [2.05, 4.69) is 10.6 Å². The van der Waals surface area contributed by atoms with E-state index in [9.17, 15) is 24.3 Å². The quantitative estimate of drug-likeness (QED) is 0.258. The van der Waals surface area contributed by atoms with Crippen LogP contribution in [-0.2, 0) is 19.1 Å². The number of primary amides is 1. The summed E-state index contributed by atoms with van der Waals surface area (Å²) in [5.41, 5.74) is 10.1. The number of carboxylic acid groups (broad SMARTS) is 1. The largest absolute Gasteiger partial charge is 0.480 e. The zero-order chi connectivity index (χ0) is 20.5. The molecule has 0 saturated carbocycles. The second kappa shape index (κ2) is 10.6. The molecule has 0 heterocycles. The Balaban J connectivity index is 4.55. The third-order valence-corrected chi connectivity index (χ3v) is 3.41. The van der Waals surface area contributed by atoms with Gasteiger partial charge in [0.25, 0.3) is 0 Å². The van der Waals surface area contributed by atoms with E-state index in [-0.39, 0.29) is 19.4 Å². The molecule has 3 atom stereocenters. The zero-order valence-corrected chi connectivity index (χ0v) is 15.7. The van der Waals surface area contributed by atoms with Crippen molar-refractivity contribution in [2.45, 2.75) is 64.6 Å². The molecule has 0 fully saturated rings. The van der Waals surface area contributed by atoms with Crippen molar-refractivity contribution in [2.75, 3.05) is 6.54 Å². The fourth-order valence-electron chi connectivity index (χ4n) is 2.07. The van der Waals surface area contributed by atoms with Gasteiger partial charge >= 0.3 is 18.0 Å². The molecular formula is C16H30N4O6. The molecule has 7 N–H and O–H groups in total. The first kappa shape index (κ1) is 23.6. The molecule has 3 amide bonds. The maximum atomic E-state index is 12.2. The van der Waals surface area contributed by atoms with Crippen LogP contribution >= 0.6 is 0 Å². The Bertz CT molecular complexity index is 517. The Hall–Kier alpha value is -2.36. The van der Waals surface area contributed by atoms with Crippen molar-refractivity contribution in [3.05, 3.63) is 0 Å². The van der Waals surface area contributed by atoms with Crippen LogP contribution in [0.25, 0.3) is 0 Å². The molecular weight excluding hydrogens is 344 g/mol. The van der Waals surface area contributed by atoms with Crippen molar-refractivity contribution < 1.29 is 29.0 Å². The van der Waals surface area contributed by atoms with Gasteiger partial charge in [-0.25, -0.2) is 9.59 Å². The number of rotatable bonds is 10. The summed E-state index contributed by atoms with van der Waals surface area (Å²) < 4.78 is 5.18. The second-order valence-electron chi connectivity index (χ2n) is 7.13. The molecule has 0 aromatic rings. The predicted octanol–water partition coefficient (Wildman–Crippen LogP) is -0.300. The van der Waals surface area contributed by atoms with Gasteiger partial charge in [-0.3, -0.25) is 9.59 Å². The lowest BCUT2D eigenvalue weighted by atomic mass is 9.97. The number of ether oxygens (including phenoxy) is 1. The minimum absolute atomic E-state index is 0.0634. The van der Waals surface area contributed by atoms with Crippen molar-refractivity contribution in [1.29, 1.82) is 0 Å². The molecule has 0 spiro atoms. The summed E-state index contributed by atoms with van der Waals surface area (Å²) in [5.74, 6) is -2.91. The smallest absolute Gasteiger partial charge is 0.326 e. The van der Waals surface area contributed by atoms with Crippen molar-refractivity contribution in [3.8, 4) is 0 Å². The van der Waals surface area contributed by atoms with E-state index in [1.807, 2.05) is 0 Å². The van der Waals surface area contributed by atoms with Gasteiger partial charge in [-0.2, -0.15) is 0 Å². The summed E-state index contributed by atoms with van der Waals surface area (Å²) >= 11 is 0. The molecule has 26 heavy (non-hydrogen) atoms. The van der Waals surface area contributed by atoms with E-state index in [4.69, 9.17) is 16.2 Å². The van der Waals surface area contributed by atoms with Gasteiger partial charge in [0, 0.05) is 6.54 Å². The van der Waals surface area contributed by atoms with Gasteiger partial charge in [-0.05, 0) is 39.5 Å². The van der Waals surface area contributed by atoms with Crippen molar-refractivity contribution in [2.24, 2.45) is 17.4 Å². The molecule has 0 rings (SSSR count). The number of carbonyl (C=O) groups excluding carboxylic acids is 3. The molecule has 150 valence electrons. The van der Waals surface area contributed by atoms with Crippen molar-refractivity contribution in [1.82, 2.24) is 10.6 Å². The summed E-state index contributed by atoms with van der Waals surface area (Å²) in [5, 5.41) is 13.9. The van der Waals surface area contributed by atoms with Crippen LogP contribution in [0, 0.1) is 5.92 Å². The predicted molar refractivity (Wildman–Crippen MR) is 94.0 cm³/mol. The van der Waals surface area contributed by atoms with Gasteiger partial charge < -0.3 is 31.9 Å². The Morgan fingerprint density at radius 2 is 1.77 bits per heavy atom. The number of carbonyl (C=O) groups is 4. The van der Waals surface area contributed by atoms with Crippen LogP contribution in [0.2, 0.25) is 0 Å². The number of aliphatic carboxylic acids is 1.